The standard InChI is InChI=1S/C16H24N6O2.ClH/c1-9(10-2-4-11(5-3-10)20-16(17)24)19-15(23)14-12-8-18-7-6-13(12)21-22-14;/h2-5,9,12-14,18,21-22H,6-8H2,1H3,(H,19,23)(H3,17,20,24);1H. The molecule has 3 amide bonds. The zero-order chi connectivity index (χ0) is 17.1. The largest absolute Gasteiger partial charge is 0.351 e. The highest BCUT2D eigenvalue weighted by atomic mass is 35.5. The van der Waals surface area contributed by atoms with Gasteiger partial charge in [0.25, 0.3) is 0 Å². The molecular weight excluding hydrogens is 344 g/mol. The Balaban J connectivity index is 0.00000225. The van der Waals surface area contributed by atoms with Crippen molar-refractivity contribution in [2.24, 2.45) is 11.7 Å². The second-order valence-electron chi connectivity index (χ2n) is 6.37. The number of benzene rings is 1. The molecule has 3 rings (SSSR count). The number of nitrogens with one attached hydrogen (secondary N) is 5. The van der Waals surface area contributed by atoms with Gasteiger partial charge in [-0.2, -0.15) is 0 Å². The summed E-state index contributed by atoms with van der Waals surface area (Å²) in [5.41, 5.74) is 13.0. The maximum absolute atomic E-state index is 12.6. The Hall–Kier alpha value is -1.87. The van der Waals surface area contributed by atoms with Gasteiger partial charge < -0.3 is 21.7 Å². The van der Waals surface area contributed by atoms with Crippen LogP contribution in [0, 0.1) is 5.92 Å². The third-order valence-electron chi connectivity index (χ3n) is 4.70. The highest BCUT2D eigenvalue weighted by molar-refractivity contribution is 5.87. The Labute approximate surface area is 153 Å². The lowest BCUT2D eigenvalue weighted by Gasteiger charge is -2.28. The van der Waals surface area contributed by atoms with E-state index < -0.39 is 6.03 Å². The van der Waals surface area contributed by atoms with Crippen molar-refractivity contribution in [3.8, 4) is 0 Å². The molecule has 8 nitrogen and oxygen atoms in total. The first-order valence-corrected chi connectivity index (χ1v) is 8.23. The predicted molar refractivity (Wildman–Crippen MR) is 98.3 cm³/mol. The van der Waals surface area contributed by atoms with Crippen molar-refractivity contribution in [2.75, 3.05) is 18.4 Å². The van der Waals surface area contributed by atoms with Crippen LogP contribution in [0.2, 0.25) is 0 Å². The number of rotatable bonds is 4. The molecule has 7 N–H and O–H groups in total. The van der Waals surface area contributed by atoms with Crippen molar-refractivity contribution < 1.29 is 9.59 Å². The van der Waals surface area contributed by atoms with Gasteiger partial charge in [0.05, 0.1) is 6.04 Å². The highest BCUT2D eigenvalue weighted by Crippen LogP contribution is 2.21. The van der Waals surface area contributed by atoms with E-state index in [2.05, 4.69) is 26.8 Å². The summed E-state index contributed by atoms with van der Waals surface area (Å²) in [6, 6.07) is 6.64. The molecule has 138 valence electrons. The normalized spacial score (nSPS) is 26.0. The van der Waals surface area contributed by atoms with E-state index in [0.29, 0.717) is 11.7 Å². The molecule has 2 aliphatic rings. The van der Waals surface area contributed by atoms with Crippen molar-refractivity contribution in [1.29, 1.82) is 0 Å². The fraction of sp³-hybridized carbons (Fsp3) is 0.500. The fourth-order valence-corrected chi connectivity index (χ4v) is 3.36. The van der Waals surface area contributed by atoms with E-state index in [1.54, 1.807) is 12.1 Å². The zero-order valence-corrected chi connectivity index (χ0v) is 14.9. The molecule has 4 atom stereocenters. The molecule has 2 heterocycles. The van der Waals surface area contributed by atoms with E-state index in [1.807, 2.05) is 19.1 Å². The van der Waals surface area contributed by atoms with E-state index in [4.69, 9.17) is 5.73 Å². The molecule has 9 heteroatoms. The van der Waals surface area contributed by atoms with Gasteiger partial charge in [0.1, 0.15) is 6.04 Å². The Morgan fingerprint density at radius 2 is 1.96 bits per heavy atom. The number of carbonyl (C=O) groups excluding carboxylic acids is 2. The second kappa shape index (κ2) is 8.48. The van der Waals surface area contributed by atoms with Gasteiger partial charge in [-0.3, -0.25) is 10.2 Å². The third-order valence-corrected chi connectivity index (χ3v) is 4.70. The number of amides is 3. The summed E-state index contributed by atoms with van der Waals surface area (Å²) >= 11 is 0. The number of fused-ring (bicyclic) bond motifs is 1. The molecule has 0 bridgehead atoms. The molecule has 0 spiro atoms. The van der Waals surface area contributed by atoms with Crippen LogP contribution in [-0.2, 0) is 4.79 Å². The summed E-state index contributed by atoms with van der Waals surface area (Å²) in [5, 5.41) is 8.91. The molecule has 1 aromatic carbocycles. The van der Waals surface area contributed by atoms with Crippen LogP contribution >= 0.6 is 12.4 Å². The quantitative estimate of drug-likeness (QED) is 0.454. The number of carbonyl (C=O) groups is 2. The lowest BCUT2D eigenvalue weighted by Crippen LogP contribution is -2.49. The summed E-state index contributed by atoms with van der Waals surface area (Å²) in [4.78, 5) is 23.4. The highest BCUT2D eigenvalue weighted by Gasteiger charge is 2.41. The number of nitrogens with two attached hydrogens (primary N) is 1. The van der Waals surface area contributed by atoms with Crippen molar-refractivity contribution >= 4 is 30.0 Å². The minimum atomic E-state index is -0.598. The summed E-state index contributed by atoms with van der Waals surface area (Å²) in [5.74, 6) is 0.249. The number of urea groups is 1. The van der Waals surface area contributed by atoms with Gasteiger partial charge in [-0.1, -0.05) is 12.1 Å². The van der Waals surface area contributed by atoms with E-state index in [1.165, 1.54) is 0 Å². The first kappa shape index (κ1) is 19.5. The zero-order valence-electron chi connectivity index (χ0n) is 14.0. The minimum absolute atomic E-state index is 0. The maximum atomic E-state index is 12.6. The van der Waals surface area contributed by atoms with Crippen molar-refractivity contribution in [1.82, 2.24) is 21.5 Å². The van der Waals surface area contributed by atoms with Crippen LogP contribution in [0.15, 0.2) is 24.3 Å². The molecule has 1 aromatic rings. The van der Waals surface area contributed by atoms with E-state index >= 15 is 0 Å². The monoisotopic (exact) mass is 368 g/mol. The molecule has 0 radical (unpaired) electrons. The SMILES string of the molecule is CC(NC(=O)C1NNC2CCNCC21)c1ccc(NC(N)=O)cc1.Cl. The fourth-order valence-electron chi connectivity index (χ4n) is 3.36. The van der Waals surface area contributed by atoms with E-state index in [9.17, 15) is 9.59 Å². The van der Waals surface area contributed by atoms with E-state index in [-0.39, 0.29) is 36.3 Å². The third kappa shape index (κ3) is 4.60. The minimum Gasteiger partial charge on any atom is -0.351 e. The number of halogens is 1. The molecule has 2 fully saturated rings. The number of anilines is 1. The van der Waals surface area contributed by atoms with Crippen molar-refractivity contribution in [2.45, 2.75) is 31.5 Å². The second-order valence-corrected chi connectivity index (χ2v) is 6.37. The van der Waals surface area contributed by atoms with Gasteiger partial charge in [0.2, 0.25) is 5.91 Å². The molecule has 0 aliphatic carbocycles. The Morgan fingerprint density at radius 3 is 2.64 bits per heavy atom. The van der Waals surface area contributed by atoms with Gasteiger partial charge in [-0.05, 0) is 37.6 Å². The molecule has 4 unspecified atom stereocenters. The van der Waals surface area contributed by atoms with Crippen molar-refractivity contribution in [3.63, 3.8) is 0 Å². The molecular formula is C16H25ClN6O2. The summed E-state index contributed by atoms with van der Waals surface area (Å²) in [6.07, 6.45) is 1.02. The van der Waals surface area contributed by atoms with Crippen LogP contribution in [-0.4, -0.2) is 37.1 Å². The van der Waals surface area contributed by atoms with Gasteiger partial charge in [-0.25, -0.2) is 10.2 Å². The van der Waals surface area contributed by atoms with Crippen molar-refractivity contribution in [3.05, 3.63) is 29.8 Å². The number of piperidine rings is 1. The Kier molecular flexibility index (Phi) is 6.60. The van der Waals surface area contributed by atoms with Crippen LogP contribution in [0.5, 0.6) is 0 Å². The molecule has 0 saturated carbocycles. The van der Waals surface area contributed by atoms with Crippen LogP contribution < -0.4 is 32.5 Å². The number of primary amides is 1. The number of hydrazine groups is 1. The predicted octanol–water partition coefficient (Wildman–Crippen LogP) is 0.231. The Bertz CT molecular complexity index is 611. The van der Waals surface area contributed by atoms with Gasteiger partial charge >= 0.3 is 6.03 Å². The number of hydrogen-bond donors (Lipinski definition) is 6. The Morgan fingerprint density at radius 1 is 1.24 bits per heavy atom. The average Bonchev–Trinajstić information content (AvgIpc) is 2.99. The number of hydrogen-bond acceptors (Lipinski definition) is 5. The first-order chi connectivity index (χ1) is 11.5. The molecule has 2 saturated heterocycles. The topological polar surface area (TPSA) is 120 Å². The van der Waals surface area contributed by atoms with Crippen LogP contribution in [0.1, 0.15) is 24.9 Å². The maximum Gasteiger partial charge on any atom is 0.316 e. The van der Waals surface area contributed by atoms with Crippen LogP contribution in [0.4, 0.5) is 10.5 Å². The van der Waals surface area contributed by atoms with Crippen LogP contribution in [0.3, 0.4) is 0 Å². The molecule has 25 heavy (non-hydrogen) atoms. The average molecular weight is 369 g/mol. The summed E-state index contributed by atoms with van der Waals surface area (Å²) < 4.78 is 0. The van der Waals surface area contributed by atoms with Crippen LogP contribution in [0.25, 0.3) is 0 Å². The summed E-state index contributed by atoms with van der Waals surface area (Å²) in [7, 11) is 0. The summed E-state index contributed by atoms with van der Waals surface area (Å²) in [6.45, 7) is 3.75. The van der Waals surface area contributed by atoms with Gasteiger partial charge in [0.15, 0.2) is 0 Å². The molecule has 0 aromatic heterocycles. The molecule has 2 aliphatic heterocycles. The first-order valence-electron chi connectivity index (χ1n) is 8.23. The van der Waals surface area contributed by atoms with E-state index in [0.717, 1.165) is 25.1 Å². The van der Waals surface area contributed by atoms with Gasteiger partial charge in [-0.15, -0.1) is 12.4 Å². The van der Waals surface area contributed by atoms with Gasteiger partial charge in [0, 0.05) is 24.2 Å². The lowest BCUT2D eigenvalue weighted by atomic mass is 9.89. The smallest absolute Gasteiger partial charge is 0.316 e. The lowest BCUT2D eigenvalue weighted by molar-refractivity contribution is -0.124.